The Morgan fingerprint density at radius 2 is 1.65 bits per heavy atom. The van der Waals surface area contributed by atoms with Crippen LogP contribution >= 0.6 is 0 Å². The number of rotatable bonds is 1. The smallest absolute Gasteiger partial charge is 0.356 e. The van der Waals surface area contributed by atoms with Gasteiger partial charge >= 0.3 is 5.97 Å². The Morgan fingerprint density at radius 3 is 2.47 bits per heavy atom. The van der Waals surface area contributed by atoms with E-state index < -0.39 is 5.97 Å². The van der Waals surface area contributed by atoms with Crippen LogP contribution in [0.2, 0.25) is 0 Å². The minimum Gasteiger partial charge on any atom is -0.476 e. The Kier molecular flexibility index (Phi) is 5.44. The molecular weight excluding hydrogens is 224 g/mol. The molecular formula is C9H8N6O2. The number of hydrogen-bond acceptors (Lipinski definition) is 7. The van der Waals surface area contributed by atoms with Gasteiger partial charge in [0.2, 0.25) is 0 Å². The second-order valence-corrected chi connectivity index (χ2v) is 2.54. The van der Waals surface area contributed by atoms with E-state index in [-0.39, 0.29) is 5.69 Å². The fourth-order valence-electron chi connectivity index (χ4n) is 0.732. The zero-order chi connectivity index (χ0) is 12.3. The molecule has 86 valence electrons. The van der Waals surface area contributed by atoms with Crippen LogP contribution in [-0.2, 0) is 0 Å². The van der Waals surface area contributed by atoms with Crippen LogP contribution in [0.15, 0.2) is 42.6 Å². The van der Waals surface area contributed by atoms with Crippen LogP contribution in [0.25, 0.3) is 0 Å². The van der Waals surface area contributed by atoms with Crippen LogP contribution < -0.4 is 0 Å². The van der Waals surface area contributed by atoms with Gasteiger partial charge in [-0.15, -0.1) is 10.2 Å². The maximum absolute atomic E-state index is 10.7. The molecule has 0 atom stereocenters. The van der Waals surface area contributed by atoms with Crippen molar-refractivity contribution in [1.29, 1.82) is 0 Å². The molecule has 1 N–H and O–H groups in total. The van der Waals surface area contributed by atoms with Crippen molar-refractivity contribution in [3.8, 4) is 0 Å². The quantitative estimate of drug-likeness (QED) is 0.719. The summed E-state index contributed by atoms with van der Waals surface area (Å²) in [6, 6.07) is 9.42. The molecule has 0 spiro atoms. The highest BCUT2D eigenvalue weighted by atomic mass is 16.4. The van der Waals surface area contributed by atoms with Crippen LogP contribution in [0.3, 0.4) is 0 Å². The molecule has 0 aliphatic rings. The third-order valence-electron chi connectivity index (χ3n) is 1.39. The molecule has 0 aliphatic heterocycles. The second-order valence-electron chi connectivity index (χ2n) is 2.54. The SMILES string of the molecule is O=C(O)c1cccccccnnnnnn1. The Balaban J connectivity index is 3.24. The van der Waals surface area contributed by atoms with Gasteiger partial charge in [0.25, 0.3) is 0 Å². The molecule has 0 saturated carbocycles. The monoisotopic (exact) mass is 232 g/mol. The molecule has 0 aromatic carbocycles. The van der Waals surface area contributed by atoms with E-state index in [2.05, 4.69) is 31.1 Å². The molecule has 0 radical (unpaired) electrons. The maximum Gasteiger partial charge on any atom is 0.356 e. The van der Waals surface area contributed by atoms with E-state index >= 15 is 0 Å². The fraction of sp³-hybridized carbons (Fsp3) is 0. The average Bonchev–Trinajstić information content (AvgIpc) is 2.31. The zero-order valence-corrected chi connectivity index (χ0v) is 8.58. The van der Waals surface area contributed by atoms with Crippen LogP contribution in [0.4, 0.5) is 0 Å². The van der Waals surface area contributed by atoms with Gasteiger partial charge in [0.1, 0.15) is 0 Å². The average molecular weight is 232 g/mol. The maximum atomic E-state index is 10.7. The lowest BCUT2D eigenvalue weighted by molar-refractivity contribution is 0.0689. The number of nitrogens with zero attached hydrogens (tertiary/aromatic N) is 6. The first-order valence-electron chi connectivity index (χ1n) is 4.45. The molecule has 0 fully saturated rings. The normalized spacial score (nSPS) is 8.47. The third kappa shape index (κ3) is 5.62. The summed E-state index contributed by atoms with van der Waals surface area (Å²) in [5.41, 5.74) is -0.266. The minimum atomic E-state index is -1.22. The molecule has 17 heavy (non-hydrogen) atoms. The first kappa shape index (κ1) is 12.3. The summed E-state index contributed by atoms with van der Waals surface area (Å²) in [5.74, 6) is -1.22. The molecule has 0 amide bonds. The summed E-state index contributed by atoms with van der Waals surface area (Å²) >= 11 is 0. The molecule has 1 heterocycles. The molecule has 0 unspecified atom stereocenters. The predicted molar refractivity (Wildman–Crippen MR) is 55.4 cm³/mol. The van der Waals surface area contributed by atoms with Gasteiger partial charge in [-0.3, -0.25) is 0 Å². The summed E-state index contributed by atoms with van der Waals surface area (Å²) in [6.45, 7) is 0. The Morgan fingerprint density at radius 1 is 0.941 bits per heavy atom. The molecule has 0 aliphatic carbocycles. The van der Waals surface area contributed by atoms with E-state index in [0.717, 1.165) is 0 Å². The molecule has 0 saturated heterocycles. The van der Waals surface area contributed by atoms with Crippen LogP contribution in [-0.4, -0.2) is 42.1 Å². The highest BCUT2D eigenvalue weighted by molar-refractivity contribution is 5.84. The lowest BCUT2D eigenvalue weighted by Gasteiger charge is -1.82. The van der Waals surface area contributed by atoms with Crippen molar-refractivity contribution in [1.82, 2.24) is 31.1 Å². The van der Waals surface area contributed by atoms with Crippen molar-refractivity contribution in [3.63, 3.8) is 0 Å². The second kappa shape index (κ2) is 7.51. The summed E-state index contributed by atoms with van der Waals surface area (Å²) in [5, 5.41) is 28.3. The van der Waals surface area contributed by atoms with E-state index in [1.54, 1.807) is 24.3 Å². The zero-order valence-electron chi connectivity index (χ0n) is 8.58. The van der Waals surface area contributed by atoms with Gasteiger partial charge in [0.15, 0.2) is 5.69 Å². The van der Waals surface area contributed by atoms with Crippen LogP contribution in [0, 0.1) is 0 Å². The van der Waals surface area contributed by atoms with Gasteiger partial charge in [0, 0.05) is 0 Å². The van der Waals surface area contributed by atoms with Gasteiger partial charge in [-0.1, -0.05) is 24.3 Å². The van der Waals surface area contributed by atoms with Gasteiger partial charge in [0.05, 0.1) is 6.20 Å². The van der Waals surface area contributed by atoms with Gasteiger partial charge in [-0.05, 0) is 33.0 Å². The molecule has 0 bridgehead atoms. The van der Waals surface area contributed by atoms with E-state index in [4.69, 9.17) is 5.11 Å². The Hall–Kier alpha value is -2.77. The van der Waals surface area contributed by atoms with Crippen LogP contribution in [0.1, 0.15) is 10.5 Å². The van der Waals surface area contributed by atoms with Crippen molar-refractivity contribution in [2.75, 3.05) is 0 Å². The van der Waals surface area contributed by atoms with Crippen molar-refractivity contribution in [2.45, 2.75) is 0 Å². The van der Waals surface area contributed by atoms with E-state index in [1.807, 2.05) is 0 Å². The standard InChI is InChI=1S/C9H8N6O2/c16-9(17)8-6-4-2-1-3-5-7-10-12-14-15-13-11-8/h1-7H,(H,16,17). The van der Waals surface area contributed by atoms with Gasteiger partial charge < -0.3 is 5.11 Å². The topological polar surface area (TPSA) is 115 Å². The van der Waals surface area contributed by atoms with Crippen molar-refractivity contribution in [3.05, 3.63) is 48.3 Å². The van der Waals surface area contributed by atoms with Gasteiger partial charge in [-0.25, -0.2) is 4.79 Å². The van der Waals surface area contributed by atoms with E-state index in [0.29, 0.717) is 0 Å². The van der Waals surface area contributed by atoms with Gasteiger partial charge in [-0.2, -0.15) is 0 Å². The molecule has 1 aromatic heterocycles. The Bertz CT molecular complexity index is 458. The first-order chi connectivity index (χ1) is 8.30. The molecule has 1 rings (SSSR count). The summed E-state index contributed by atoms with van der Waals surface area (Å²) in [7, 11) is 0. The number of carbonyl (C=O) groups is 1. The van der Waals surface area contributed by atoms with Crippen molar-refractivity contribution >= 4 is 5.97 Å². The lowest BCUT2D eigenvalue weighted by Crippen LogP contribution is -2.00. The molecule has 8 nitrogen and oxygen atoms in total. The summed E-state index contributed by atoms with van der Waals surface area (Å²) < 4.78 is 0. The molecule has 8 heteroatoms. The molecule has 1 aromatic rings. The fourth-order valence-corrected chi connectivity index (χ4v) is 0.732. The largest absolute Gasteiger partial charge is 0.476 e. The minimum absolute atomic E-state index is 0.266. The highest BCUT2D eigenvalue weighted by Gasteiger charge is 1.99. The number of aromatic carboxylic acids is 1. The third-order valence-corrected chi connectivity index (χ3v) is 1.39. The number of aromatic nitrogens is 6. The first-order valence-corrected chi connectivity index (χ1v) is 4.45. The summed E-state index contributed by atoms with van der Waals surface area (Å²) in [6.07, 6.45) is 1.41. The number of hydrogen-bond donors (Lipinski definition) is 1. The predicted octanol–water partition coefficient (Wildman–Crippen LogP) is 0.00360. The van der Waals surface area contributed by atoms with Crippen molar-refractivity contribution < 1.29 is 9.90 Å². The highest BCUT2D eigenvalue weighted by Crippen LogP contribution is 1.86. The van der Waals surface area contributed by atoms with Crippen LogP contribution in [0.5, 0.6) is 0 Å². The Labute approximate surface area is 96.0 Å². The van der Waals surface area contributed by atoms with E-state index in [9.17, 15) is 4.79 Å². The van der Waals surface area contributed by atoms with Crippen molar-refractivity contribution in [2.24, 2.45) is 0 Å². The lowest BCUT2D eigenvalue weighted by atomic mass is 10.4. The summed E-state index contributed by atoms with van der Waals surface area (Å²) in [4.78, 5) is 10.7. The number of carboxylic acids is 1. The number of carboxylic acid groups (broad SMARTS) is 1. The van der Waals surface area contributed by atoms with E-state index in [1.165, 1.54) is 18.3 Å².